The van der Waals surface area contributed by atoms with Crippen molar-refractivity contribution < 1.29 is 8.78 Å². The van der Waals surface area contributed by atoms with Crippen molar-refractivity contribution in [3.05, 3.63) is 72.2 Å². The Morgan fingerprint density at radius 1 is 1.25 bits per heavy atom. The fraction of sp³-hybridized carbons (Fsp3) is 0.261. The van der Waals surface area contributed by atoms with Gasteiger partial charge in [-0.2, -0.15) is 0 Å². The fourth-order valence-electron chi connectivity index (χ4n) is 3.74. The van der Waals surface area contributed by atoms with E-state index < -0.39 is 11.6 Å². The quantitative estimate of drug-likeness (QED) is 0.583. The van der Waals surface area contributed by atoms with Gasteiger partial charge in [0, 0.05) is 47.5 Å². The molecule has 0 spiro atoms. The van der Waals surface area contributed by atoms with Gasteiger partial charge in [-0.05, 0) is 50.0 Å². The summed E-state index contributed by atoms with van der Waals surface area (Å²) in [4.78, 5) is 4.06. The van der Waals surface area contributed by atoms with Gasteiger partial charge in [0.2, 0.25) is 0 Å². The largest absolute Gasteiger partial charge is 0.383 e. The maximum absolute atomic E-state index is 15.0. The first-order valence-electron chi connectivity index (χ1n) is 9.51. The molecule has 5 heteroatoms. The standard InChI is InChI=1S/C23H23F2N3/c1-4-15(9-8-14(2)27-16-6-5-7-16)17-12-20-21(23(25)22(17)24)18-13-26-11-10-19(18)28(20)3/h4,8-13,16,27H,2,5-7H2,1,3H3/b9-8-,15-4+. The third kappa shape index (κ3) is 3.01. The zero-order valence-corrected chi connectivity index (χ0v) is 16.1. The number of benzene rings is 1. The van der Waals surface area contributed by atoms with Crippen LogP contribution in [0, 0.1) is 11.6 Å². The van der Waals surface area contributed by atoms with Crippen LogP contribution in [-0.4, -0.2) is 15.6 Å². The van der Waals surface area contributed by atoms with E-state index >= 15 is 4.39 Å². The van der Waals surface area contributed by atoms with Crippen LogP contribution >= 0.6 is 0 Å². The molecule has 0 aliphatic heterocycles. The Kier molecular flexibility index (Phi) is 4.75. The lowest BCUT2D eigenvalue weighted by molar-refractivity contribution is 0.367. The second kappa shape index (κ2) is 7.23. The number of rotatable bonds is 5. The summed E-state index contributed by atoms with van der Waals surface area (Å²) in [6, 6.07) is 3.98. The minimum absolute atomic E-state index is 0.235. The molecule has 0 saturated heterocycles. The summed E-state index contributed by atoms with van der Waals surface area (Å²) in [6.45, 7) is 5.82. The SMILES string of the molecule is C=C(/C=C\C(=C/C)c1cc2c(c(F)c1F)c1cnccc1n2C)NC1CCC1. The molecule has 1 saturated carbocycles. The summed E-state index contributed by atoms with van der Waals surface area (Å²) >= 11 is 0. The van der Waals surface area contributed by atoms with Gasteiger partial charge in [-0.3, -0.25) is 4.98 Å². The van der Waals surface area contributed by atoms with Crippen LogP contribution < -0.4 is 5.32 Å². The highest BCUT2D eigenvalue weighted by atomic mass is 19.2. The molecule has 1 aromatic carbocycles. The number of pyridine rings is 1. The van der Waals surface area contributed by atoms with Gasteiger partial charge in [-0.15, -0.1) is 0 Å². The summed E-state index contributed by atoms with van der Waals surface area (Å²) in [6.07, 6.45) is 12.1. The van der Waals surface area contributed by atoms with E-state index in [-0.39, 0.29) is 10.9 Å². The minimum Gasteiger partial charge on any atom is -0.383 e. The normalized spacial score (nSPS) is 15.5. The highest BCUT2D eigenvalue weighted by Gasteiger charge is 2.21. The Balaban J connectivity index is 1.76. The Labute approximate surface area is 163 Å². The van der Waals surface area contributed by atoms with Crippen molar-refractivity contribution in [3.8, 4) is 0 Å². The van der Waals surface area contributed by atoms with Crippen LogP contribution in [-0.2, 0) is 7.05 Å². The van der Waals surface area contributed by atoms with E-state index in [1.807, 2.05) is 24.6 Å². The summed E-state index contributed by atoms with van der Waals surface area (Å²) in [5.74, 6) is -1.69. The summed E-state index contributed by atoms with van der Waals surface area (Å²) in [5, 5.41) is 4.22. The minimum atomic E-state index is -0.848. The number of nitrogens with zero attached hydrogens (tertiary/aromatic N) is 2. The molecule has 4 rings (SSSR count). The summed E-state index contributed by atoms with van der Waals surface area (Å²) < 4.78 is 31.9. The van der Waals surface area contributed by atoms with Crippen molar-refractivity contribution in [2.75, 3.05) is 0 Å². The fourth-order valence-corrected chi connectivity index (χ4v) is 3.74. The zero-order valence-electron chi connectivity index (χ0n) is 16.1. The molecule has 0 unspecified atom stereocenters. The smallest absolute Gasteiger partial charge is 0.169 e. The van der Waals surface area contributed by atoms with Crippen LogP contribution in [0.15, 0.2) is 55.0 Å². The van der Waals surface area contributed by atoms with Gasteiger partial charge in [-0.1, -0.05) is 18.7 Å². The first-order valence-corrected chi connectivity index (χ1v) is 9.51. The number of nitrogens with one attached hydrogen (secondary N) is 1. The van der Waals surface area contributed by atoms with Crippen LogP contribution in [0.1, 0.15) is 31.7 Å². The molecule has 1 aliphatic rings. The van der Waals surface area contributed by atoms with E-state index in [0.717, 1.165) is 24.1 Å². The Morgan fingerprint density at radius 3 is 2.71 bits per heavy atom. The summed E-state index contributed by atoms with van der Waals surface area (Å²) in [7, 11) is 1.85. The van der Waals surface area contributed by atoms with Crippen molar-refractivity contribution in [3.63, 3.8) is 0 Å². The van der Waals surface area contributed by atoms with E-state index in [9.17, 15) is 4.39 Å². The van der Waals surface area contributed by atoms with Crippen molar-refractivity contribution in [2.45, 2.75) is 32.2 Å². The third-order valence-electron chi connectivity index (χ3n) is 5.56. The number of hydrogen-bond donors (Lipinski definition) is 1. The highest BCUT2D eigenvalue weighted by Crippen LogP contribution is 2.34. The molecule has 1 fully saturated rings. The number of allylic oxidation sites excluding steroid dienone is 4. The van der Waals surface area contributed by atoms with Gasteiger partial charge in [0.05, 0.1) is 11.0 Å². The lowest BCUT2D eigenvalue weighted by Crippen LogP contribution is -2.33. The van der Waals surface area contributed by atoms with Crippen LogP contribution in [0.4, 0.5) is 8.78 Å². The number of fused-ring (bicyclic) bond motifs is 3. The lowest BCUT2D eigenvalue weighted by atomic mass is 9.93. The Morgan fingerprint density at radius 2 is 2.04 bits per heavy atom. The first kappa shape index (κ1) is 18.4. The average molecular weight is 379 g/mol. The number of hydrogen-bond acceptors (Lipinski definition) is 2. The molecule has 0 bridgehead atoms. The van der Waals surface area contributed by atoms with Gasteiger partial charge in [0.25, 0.3) is 0 Å². The van der Waals surface area contributed by atoms with Gasteiger partial charge in [-0.25, -0.2) is 8.78 Å². The molecule has 1 aliphatic carbocycles. The number of halogens is 2. The molecule has 1 N–H and O–H groups in total. The van der Waals surface area contributed by atoms with Crippen LogP contribution in [0.5, 0.6) is 0 Å². The Hall–Kier alpha value is -2.95. The summed E-state index contributed by atoms with van der Waals surface area (Å²) in [5.41, 5.74) is 3.08. The van der Waals surface area contributed by atoms with Gasteiger partial charge >= 0.3 is 0 Å². The van der Waals surface area contributed by atoms with E-state index in [1.54, 1.807) is 36.7 Å². The molecule has 3 nitrogen and oxygen atoms in total. The van der Waals surface area contributed by atoms with E-state index in [0.29, 0.717) is 22.5 Å². The maximum Gasteiger partial charge on any atom is 0.169 e. The molecular weight excluding hydrogens is 356 g/mol. The van der Waals surface area contributed by atoms with Crippen molar-refractivity contribution in [2.24, 2.45) is 7.05 Å². The topological polar surface area (TPSA) is 29.9 Å². The molecule has 2 heterocycles. The van der Waals surface area contributed by atoms with Crippen LogP contribution in [0.3, 0.4) is 0 Å². The van der Waals surface area contributed by atoms with Crippen molar-refractivity contribution in [1.82, 2.24) is 14.9 Å². The zero-order chi connectivity index (χ0) is 19.8. The van der Waals surface area contributed by atoms with E-state index in [2.05, 4.69) is 16.9 Å². The van der Waals surface area contributed by atoms with Crippen molar-refractivity contribution >= 4 is 27.4 Å². The molecule has 0 radical (unpaired) electrons. The highest BCUT2D eigenvalue weighted by molar-refractivity contribution is 6.08. The van der Waals surface area contributed by atoms with Gasteiger partial charge in [0.15, 0.2) is 11.6 Å². The molecular formula is C23H23F2N3. The predicted octanol–water partition coefficient (Wildman–Crippen LogP) is 5.62. The molecule has 0 atom stereocenters. The lowest BCUT2D eigenvalue weighted by Gasteiger charge is -2.27. The molecule has 3 aromatic rings. The second-order valence-corrected chi connectivity index (χ2v) is 7.27. The van der Waals surface area contributed by atoms with Crippen LogP contribution in [0.2, 0.25) is 0 Å². The van der Waals surface area contributed by atoms with Crippen molar-refractivity contribution in [1.29, 1.82) is 0 Å². The van der Waals surface area contributed by atoms with E-state index in [4.69, 9.17) is 0 Å². The maximum atomic E-state index is 15.0. The number of aromatic nitrogens is 2. The molecule has 28 heavy (non-hydrogen) atoms. The van der Waals surface area contributed by atoms with Gasteiger partial charge < -0.3 is 9.88 Å². The Bertz CT molecular complexity index is 1130. The van der Waals surface area contributed by atoms with Crippen LogP contribution in [0.25, 0.3) is 27.4 Å². The predicted molar refractivity (Wildman–Crippen MR) is 111 cm³/mol. The van der Waals surface area contributed by atoms with Gasteiger partial charge in [0.1, 0.15) is 0 Å². The molecule has 0 amide bonds. The average Bonchev–Trinajstić information content (AvgIpc) is 2.95. The third-order valence-corrected chi connectivity index (χ3v) is 5.56. The monoisotopic (exact) mass is 379 g/mol. The number of aryl methyl sites for hydroxylation is 1. The molecule has 144 valence electrons. The first-order chi connectivity index (χ1) is 13.5. The second-order valence-electron chi connectivity index (χ2n) is 7.27. The van der Waals surface area contributed by atoms with E-state index in [1.165, 1.54) is 6.42 Å². The molecule has 2 aromatic heterocycles.